The Morgan fingerprint density at radius 2 is 2.18 bits per heavy atom. The van der Waals surface area contributed by atoms with Gasteiger partial charge in [-0.3, -0.25) is 0 Å². The Kier molecular flexibility index (Phi) is 4.66. The minimum atomic E-state index is -1.99. The zero-order valence-electron chi connectivity index (χ0n) is 13.2. The zero-order valence-corrected chi connectivity index (χ0v) is 13.2. The number of carbonyl (C=O) groups is 1. The van der Waals surface area contributed by atoms with Gasteiger partial charge in [-0.1, -0.05) is 13.8 Å². The quantitative estimate of drug-likeness (QED) is 0.278. The molecular formula is C15H25NO6. The molecule has 7 heteroatoms. The van der Waals surface area contributed by atoms with Gasteiger partial charge in [0.2, 0.25) is 0 Å². The van der Waals surface area contributed by atoms with Gasteiger partial charge in [-0.15, -0.1) is 0 Å². The second kappa shape index (κ2) is 5.90. The number of fused-ring (bicyclic) bond motifs is 1. The number of hydrogen-bond donors (Lipinski definition) is 3. The van der Waals surface area contributed by atoms with Crippen LogP contribution >= 0.6 is 0 Å². The van der Waals surface area contributed by atoms with E-state index in [-0.39, 0.29) is 13.2 Å². The summed E-state index contributed by atoms with van der Waals surface area (Å²) in [7, 11) is 0. The lowest BCUT2D eigenvalue weighted by Gasteiger charge is -2.40. The smallest absolute Gasteiger partial charge is 0.341 e. The van der Waals surface area contributed by atoms with E-state index in [0.29, 0.717) is 18.5 Å². The number of aliphatic hydroxyl groups is 3. The maximum absolute atomic E-state index is 12.4. The molecule has 3 N–H and O–H groups in total. The summed E-state index contributed by atoms with van der Waals surface area (Å²) in [6.45, 7) is 5.02. The molecular weight excluding hydrogens is 290 g/mol. The Bertz CT molecular complexity index is 467. The molecule has 1 fully saturated rings. The Labute approximate surface area is 130 Å². The molecule has 0 aromatic carbocycles. The summed E-state index contributed by atoms with van der Waals surface area (Å²) in [5.41, 5.74) is -1.40. The summed E-state index contributed by atoms with van der Waals surface area (Å²) < 4.78 is 4.64. The number of hydrogen-bond acceptors (Lipinski definition) is 6. The van der Waals surface area contributed by atoms with E-state index in [1.165, 1.54) is 6.92 Å². The van der Waals surface area contributed by atoms with Crippen LogP contribution in [0, 0.1) is 11.1 Å². The third-order valence-corrected chi connectivity index (χ3v) is 4.93. The Balaban J connectivity index is 2.03. The van der Waals surface area contributed by atoms with Gasteiger partial charge in [0.05, 0.1) is 19.2 Å². The van der Waals surface area contributed by atoms with E-state index in [1.54, 1.807) is 19.9 Å². The molecule has 126 valence electrons. The van der Waals surface area contributed by atoms with Crippen LogP contribution in [0.15, 0.2) is 11.6 Å². The van der Waals surface area contributed by atoms with Crippen molar-refractivity contribution in [1.29, 1.82) is 0 Å². The van der Waals surface area contributed by atoms with Crippen molar-refractivity contribution in [2.75, 3.05) is 19.7 Å². The number of aliphatic hydroxyl groups excluding tert-OH is 2. The highest BCUT2D eigenvalue weighted by Crippen LogP contribution is 2.36. The van der Waals surface area contributed by atoms with Crippen molar-refractivity contribution in [2.45, 2.75) is 51.0 Å². The van der Waals surface area contributed by atoms with E-state index in [9.17, 15) is 25.3 Å². The van der Waals surface area contributed by atoms with Gasteiger partial charge in [0, 0.05) is 12.0 Å². The van der Waals surface area contributed by atoms with Crippen LogP contribution in [-0.4, -0.2) is 69.5 Å². The highest BCUT2D eigenvalue weighted by molar-refractivity contribution is 5.80. The maximum Gasteiger partial charge on any atom is 0.341 e. The molecule has 0 amide bonds. The number of quaternary nitrogens is 1. The second-order valence-corrected chi connectivity index (χ2v) is 6.67. The molecule has 0 spiro atoms. The van der Waals surface area contributed by atoms with Crippen LogP contribution in [0.3, 0.4) is 0 Å². The highest BCUT2D eigenvalue weighted by Gasteiger charge is 2.49. The lowest BCUT2D eigenvalue weighted by Crippen LogP contribution is -2.53. The fraction of sp³-hybridized carbons (Fsp3) is 0.800. The Morgan fingerprint density at radius 3 is 2.73 bits per heavy atom. The summed E-state index contributed by atoms with van der Waals surface area (Å²) in [5.74, 6) is -1.44. The lowest BCUT2D eigenvalue weighted by molar-refractivity contribution is -0.877. The molecule has 7 nitrogen and oxygen atoms in total. The summed E-state index contributed by atoms with van der Waals surface area (Å²) in [6.07, 6.45) is 0.127. The number of ether oxygens (including phenoxy) is 1. The SMILES string of the molecule is CC(C)[C@@](O)(C(=O)OCC1=CC[N@+]2([O-])CC[C@@H](O)[C@H]12)[C@@H](C)O. The fourth-order valence-corrected chi connectivity index (χ4v) is 3.41. The van der Waals surface area contributed by atoms with Crippen molar-refractivity contribution < 1.29 is 29.5 Å². The fourth-order valence-electron chi connectivity index (χ4n) is 3.41. The number of rotatable bonds is 5. The van der Waals surface area contributed by atoms with Crippen LogP contribution in [0.5, 0.6) is 0 Å². The van der Waals surface area contributed by atoms with Crippen molar-refractivity contribution in [3.8, 4) is 0 Å². The van der Waals surface area contributed by atoms with Crippen molar-refractivity contribution in [3.05, 3.63) is 16.9 Å². The molecule has 0 saturated carbocycles. The van der Waals surface area contributed by atoms with Crippen LogP contribution < -0.4 is 0 Å². The van der Waals surface area contributed by atoms with Crippen molar-refractivity contribution in [2.24, 2.45) is 5.92 Å². The molecule has 0 aliphatic carbocycles. The van der Waals surface area contributed by atoms with Gasteiger partial charge in [-0.05, 0) is 18.9 Å². The maximum atomic E-state index is 12.4. The van der Waals surface area contributed by atoms with Gasteiger partial charge in [0.15, 0.2) is 5.60 Å². The van der Waals surface area contributed by atoms with E-state index < -0.39 is 40.4 Å². The Morgan fingerprint density at radius 1 is 1.55 bits per heavy atom. The summed E-state index contributed by atoms with van der Waals surface area (Å²) in [5, 5.41) is 42.4. The molecule has 1 saturated heterocycles. The molecule has 0 aromatic heterocycles. The molecule has 2 aliphatic rings. The third-order valence-electron chi connectivity index (χ3n) is 4.93. The monoisotopic (exact) mass is 315 g/mol. The normalized spacial score (nSPS) is 35.0. The molecule has 0 radical (unpaired) electrons. The molecule has 0 bridgehead atoms. The summed E-state index contributed by atoms with van der Waals surface area (Å²) >= 11 is 0. The second-order valence-electron chi connectivity index (χ2n) is 6.67. The topological polar surface area (TPSA) is 110 Å². The average molecular weight is 315 g/mol. The molecule has 22 heavy (non-hydrogen) atoms. The van der Waals surface area contributed by atoms with Gasteiger partial charge in [-0.25, -0.2) is 4.79 Å². The van der Waals surface area contributed by atoms with E-state index in [1.807, 2.05) is 0 Å². The zero-order chi connectivity index (χ0) is 16.7. The van der Waals surface area contributed by atoms with Crippen LogP contribution in [0.2, 0.25) is 0 Å². The van der Waals surface area contributed by atoms with Gasteiger partial charge in [0.25, 0.3) is 0 Å². The highest BCUT2D eigenvalue weighted by atomic mass is 16.6. The lowest BCUT2D eigenvalue weighted by atomic mass is 9.85. The van der Waals surface area contributed by atoms with Crippen molar-refractivity contribution >= 4 is 5.97 Å². The minimum absolute atomic E-state index is 0.148. The molecule has 0 unspecified atom stereocenters. The largest absolute Gasteiger partial charge is 0.632 e. The number of nitrogens with zero attached hydrogens (tertiary/aromatic N) is 1. The first-order chi connectivity index (χ1) is 10.1. The molecule has 2 aliphatic heterocycles. The third kappa shape index (κ3) is 2.68. The van der Waals surface area contributed by atoms with Gasteiger partial charge < -0.3 is 29.9 Å². The molecule has 2 rings (SSSR count). The number of hydroxylamine groups is 3. The van der Waals surface area contributed by atoms with Crippen LogP contribution in [0.1, 0.15) is 27.2 Å². The first kappa shape index (κ1) is 17.4. The summed E-state index contributed by atoms with van der Waals surface area (Å²) in [6, 6.07) is -0.591. The molecule has 2 heterocycles. The van der Waals surface area contributed by atoms with Crippen molar-refractivity contribution in [1.82, 2.24) is 0 Å². The number of esters is 1. The predicted molar refractivity (Wildman–Crippen MR) is 78.3 cm³/mol. The van der Waals surface area contributed by atoms with Gasteiger partial charge in [0.1, 0.15) is 18.8 Å². The first-order valence-corrected chi connectivity index (χ1v) is 7.65. The van der Waals surface area contributed by atoms with Crippen LogP contribution in [0.4, 0.5) is 0 Å². The first-order valence-electron chi connectivity index (χ1n) is 7.65. The van der Waals surface area contributed by atoms with E-state index in [0.717, 1.165) is 0 Å². The standard InChI is InChI=1S/C15H25NO6/c1-9(2)15(20,10(3)17)14(19)22-8-11-4-6-16(21)7-5-12(18)13(11)16/h4,9-10,12-13,17-18,20H,5-8H2,1-3H3/t10-,12-,13+,15+,16+/m1/s1. The predicted octanol–water partition coefficient (Wildman–Crippen LogP) is -0.315. The number of carbonyl (C=O) groups excluding carboxylic acids is 1. The molecule has 5 atom stereocenters. The van der Waals surface area contributed by atoms with Gasteiger partial charge >= 0.3 is 5.97 Å². The van der Waals surface area contributed by atoms with E-state index in [4.69, 9.17) is 4.74 Å². The van der Waals surface area contributed by atoms with E-state index >= 15 is 0 Å². The Hall–Kier alpha value is -0.990. The minimum Gasteiger partial charge on any atom is -0.632 e. The average Bonchev–Trinajstić information content (AvgIpc) is 2.92. The van der Waals surface area contributed by atoms with Crippen molar-refractivity contribution in [3.63, 3.8) is 0 Å². The summed E-state index contributed by atoms with van der Waals surface area (Å²) in [4.78, 5) is 12.2. The van der Waals surface area contributed by atoms with Gasteiger partial charge in [-0.2, -0.15) is 0 Å². The van der Waals surface area contributed by atoms with E-state index in [2.05, 4.69) is 0 Å². The van der Waals surface area contributed by atoms with Crippen LogP contribution in [-0.2, 0) is 9.53 Å². The van der Waals surface area contributed by atoms with Crippen LogP contribution in [0.25, 0.3) is 0 Å². The molecule has 0 aromatic rings.